The molecule has 0 amide bonds. The highest BCUT2D eigenvalue weighted by molar-refractivity contribution is 5.19. The number of aryl methyl sites for hydroxylation is 2. The predicted molar refractivity (Wildman–Crippen MR) is 64.5 cm³/mol. The maximum Gasteiger partial charge on any atom is 0.0951 e. The quantitative estimate of drug-likeness (QED) is 0.783. The molecule has 3 heterocycles. The fourth-order valence-electron chi connectivity index (χ4n) is 3.48. The molecule has 0 saturated carbocycles. The van der Waals surface area contributed by atoms with Crippen molar-refractivity contribution in [1.82, 2.24) is 14.9 Å². The number of fused-ring (bicyclic) bond motifs is 1. The Morgan fingerprint density at radius 3 is 2.94 bits per heavy atom. The van der Waals surface area contributed by atoms with Gasteiger partial charge in [0.15, 0.2) is 0 Å². The minimum Gasteiger partial charge on any atom is -0.334 e. The number of nitrogens with one attached hydrogen (secondary N) is 1. The van der Waals surface area contributed by atoms with E-state index >= 15 is 0 Å². The van der Waals surface area contributed by atoms with Crippen molar-refractivity contribution < 1.29 is 0 Å². The van der Waals surface area contributed by atoms with E-state index < -0.39 is 0 Å². The first-order chi connectivity index (χ1) is 7.86. The third-order valence-corrected chi connectivity index (χ3v) is 4.29. The Balaban J connectivity index is 1.88. The van der Waals surface area contributed by atoms with Gasteiger partial charge in [-0.3, -0.25) is 0 Å². The standard InChI is InChI=1S/C13H21N3/c1-10-13-12(11-4-6-14-7-5-11)3-2-8-16(13)9-15-10/h9,11-12,14H,2-8H2,1H3. The molecule has 1 atom stereocenters. The van der Waals surface area contributed by atoms with Gasteiger partial charge in [-0.25, -0.2) is 4.98 Å². The summed E-state index contributed by atoms with van der Waals surface area (Å²) >= 11 is 0. The molecular weight excluding hydrogens is 198 g/mol. The van der Waals surface area contributed by atoms with Gasteiger partial charge < -0.3 is 9.88 Å². The normalized spacial score (nSPS) is 26.7. The molecule has 1 unspecified atom stereocenters. The van der Waals surface area contributed by atoms with Crippen LogP contribution in [0, 0.1) is 12.8 Å². The van der Waals surface area contributed by atoms with Crippen LogP contribution in [-0.2, 0) is 6.54 Å². The fraction of sp³-hybridized carbons (Fsp3) is 0.769. The summed E-state index contributed by atoms with van der Waals surface area (Å²) in [7, 11) is 0. The van der Waals surface area contributed by atoms with Crippen LogP contribution in [0.3, 0.4) is 0 Å². The molecule has 3 heteroatoms. The summed E-state index contributed by atoms with van der Waals surface area (Å²) in [6.45, 7) is 5.76. The van der Waals surface area contributed by atoms with E-state index in [4.69, 9.17) is 0 Å². The summed E-state index contributed by atoms with van der Waals surface area (Å²) in [5.74, 6) is 1.66. The van der Waals surface area contributed by atoms with Crippen molar-refractivity contribution in [3.8, 4) is 0 Å². The van der Waals surface area contributed by atoms with E-state index in [-0.39, 0.29) is 0 Å². The molecule has 1 aromatic rings. The van der Waals surface area contributed by atoms with Gasteiger partial charge in [0.1, 0.15) is 0 Å². The second-order valence-corrected chi connectivity index (χ2v) is 5.24. The maximum atomic E-state index is 4.49. The largest absolute Gasteiger partial charge is 0.334 e. The van der Waals surface area contributed by atoms with Crippen molar-refractivity contribution in [2.75, 3.05) is 13.1 Å². The zero-order valence-electron chi connectivity index (χ0n) is 10.1. The lowest BCUT2D eigenvalue weighted by molar-refractivity contribution is 0.274. The molecule has 1 saturated heterocycles. The van der Waals surface area contributed by atoms with Gasteiger partial charge in [0.2, 0.25) is 0 Å². The molecule has 0 radical (unpaired) electrons. The summed E-state index contributed by atoms with van der Waals surface area (Å²) in [6, 6.07) is 0. The minimum atomic E-state index is 0.776. The molecule has 2 aliphatic heterocycles. The number of aromatic nitrogens is 2. The molecule has 16 heavy (non-hydrogen) atoms. The van der Waals surface area contributed by atoms with Gasteiger partial charge in [0.05, 0.1) is 12.0 Å². The number of imidazole rings is 1. The molecule has 2 aliphatic rings. The number of hydrogen-bond donors (Lipinski definition) is 1. The molecule has 0 aliphatic carbocycles. The van der Waals surface area contributed by atoms with Crippen LogP contribution in [0.4, 0.5) is 0 Å². The van der Waals surface area contributed by atoms with Crippen molar-refractivity contribution in [2.45, 2.75) is 45.1 Å². The van der Waals surface area contributed by atoms with Crippen LogP contribution in [-0.4, -0.2) is 22.6 Å². The van der Waals surface area contributed by atoms with E-state index in [0.29, 0.717) is 0 Å². The van der Waals surface area contributed by atoms with Crippen LogP contribution in [0.2, 0.25) is 0 Å². The monoisotopic (exact) mass is 219 g/mol. The van der Waals surface area contributed by atoms with Crippen molar-refractivity contribution in [3.05, 3.63) is 17.7 Å². The molecule has 88 valence electrons. The number of nitrogens with zero attached hydrogens (tertiary/aromatic N) is 2. The lowest BCUT2D eigenvalue weighted by Gasteiger charge is -2.34. The van der Waals surface area contributed by atoms with Crippen LogP contribution in [0.1, 0.15) is 43.0 Å². The third-order valence-electron chi connectivity index (χ3n) is 4.29. The first-order valence-electron chi connectivity index (χ1n) is 6.58. The molecule has 3 nitrogen and oxygen atoms in total. The smallest absolute Gasteiger partial charge is 0.0951 e. The van der Waals surface area contributed by atoms with Crippen LogP contribution in [0.25, 0.3) is 0 Å². The summed E-state index contributed by atoms with van der Waals surface area (Å²) in [6.07, 6.45) is 7.43. The predicted octanol–water partition coefficient (Wildman–Crippen LogP) is 2.07. The van der Waals surface area contributed by atoms with Crippen molar-refractivity contribution in [2.24, 2.45) is 5.92 Å². The average Bonchev–Trinajstić information content (AvgIpc) is 2.73. The third kappa shape index (κ3) is 1.67. The number of hydrogen-bond acceptors (Lipinski definition) is 2. The lowest BCUT2D eigenvalue weighted by atomic mass is 9.78. The Labute approximate surface area is 97.3 Å². The Kier molecular flexibility index (Phi) is 2.72. The van der Waals surface area contributed by atoms with E-state index in [1.165, 1.54) is 56.7 Å². The number of piperidine rings is 1. The van der Waals surface area contributed by atoms with Crippen LogP contribution >= 0.6 is 0 Å². The van der Waals surface area contributed by atoms with Gasteiger partial charge in [-0.05, 0) is 51.6 Å². The fourth-order valence-corrected chi connectivity index (χ4v) is 3.48. The van der Waals surface area contributed by atoms with E-state index in [1.807, 2.05) is 6.33 Å². The van der Waals surface area contributed by atoms with Gasteiger partial charge in [0.25, 0.3) is 0 Å². The topological polar surface area (TPSA) is 29.9 Å². The molecule has 0 bridgehead atoms. The highest BCUT2D eigenvalue weighted by Gasteiger charge is 2.30. The SMILES string of the molecule is Cc1ncn2c1C(C1CCNCC1)CCC2. The van der Waals surface area contributed by atoms with E-state index in [2.05, 4.69) is 21.8 Å². The molecule has 1 aromatic heterocycles. The van der Waals surface area contributed by atoms with Gasteiger partial charge in [-0.15, -0.1) is 0 Å². The van der Waals surface area contributed by atoms with Crippen molar-refractivity contribution in [1.29, 1.82) is 0 Å². The highest BCUT2D eigenvalue weighted by atomic mass is 15.1. The van der Waals surface area contributed by atoms with E-state index in [1.54, 1.807) is 0 Å². The zero-order chi connectivity index (χ0) is 11.0. The second-order valence-electron chi connectivity index (χ2n) is 5.24. The number of rotatable bonds is 1. The second kappa shape index (κ2) is 4.21. The molecule has 1 N–H and O–H groups in total. The Hall–Kier alpha value is -0.830. The lowest BCUT2D eigenvalue weighted by Crippen LogP contribution is -2.33. The Morgan fingerprint density at radius 2 is 2.12 bits per heavy atom. The highest BCUT2D eigenvalue weighted by Crippen LogP contribution is 2.38. The summed E-state index contributed by atoms with van der Waals surface area (Å²) in [5, 5.41) is 3.46. The van der Waals surface area contributed by atoms with Crippen LogP contribution in [0.15, 0.2) is 6.33 Å². The van der Waals surface area contributed by atoms with Crippen molar-refractivity contribution in [3.63, 3.8) is 0 Å². The molecule has 1 fully saturated rings. The summed E-state index contributed by atoms with van der Waals surface area (Å²) < 4.78 is 2.39. The van der Waals surface area contributed by atoms with E-state index in [9.17, 15) is 0 Å². The Bertz CT molecular complexity index is 363. The zero-order valence-corrected chi connectivity index (χ0v) is 10.1. The van der Waals surface area contributed by atoms with Gasteiger partial charge in [-0.2, -0.15) is 0 Å². The van der Waals surface area contributed by atoms with Crippen LogP contribution in [0.5, 0.6) is 0 Å². The summed E-state index contributed by atoms with van der Waals surface area (Å²) in [5.41, 5.74) is 2.81. The Morgan fingerprint density at radius 1 is 1.31 bits per heavy atom. The van der Waals surface area contributed by atoms with Crippen LogP contribution < -0.4 is 5.32 Å². The first kappa shape index (κ1) is 10.3. The first-order valence-corrected chi connectivity index (χ1v) is 6.58. The van der Waals surface area contributed by atoms with Gasteiger partial charge in [-0.1, -0.05) is 0 Å². The summed E-state index contributed by atoms with van der Waals surface area (Å²) in [4.78, 5) is 4.49. The van der Waals surface area contributed by atoms with E-state index in [0.717, 1.165) is 11.8 Å². The maximum absolute atomic E-state index is 4.49. The molecule has 0 aromatic carbocycles. The molecule has 3 rings (SSSR count). The molecule has 0 spiro atoms. The minimum absolute atomic E-state index is 0.776. The average molecular weight is 219 g/mol. The molecular formula is C13H21N3. The van der Waals surface area contributed by atoms with Gasteiger partial charge in [0, 0.05) is 18.2 Å². The van der Waals surface area contributed by atoms with Gasteiger partial charge >= 0.3 is 0 Å². The van der Waals surface area contributed by atoms with Crippen molar-refractivity contribution >= 4 is 0 Å².